The lowest BCUT2D eigenvalue weighted by atomic mass is 9.63. The second-order valence-electron chi connectivity index (χ2n) is 10.1. The van der Waals surface area contributed by atoms with Crippen LogP contribution in [0.3, 0.4) is 0 Å². The summed E-state index contributed by atoms with van der Waals surface area (Å²) in [5.41, 5.74) is 1.00. The number of urea groups is 1. The van der Waals surface area contributed by atoms with Crippen molar-refractivity contribution in [3.8, 4) is 0 Å². The molecule has 1 spiro atoms. The number of amides is 2. The monoisotopic (exact) mass is 437 g/mol. The number of carbonyl (C=O) groups excluding carboxylic acids is 1. The molecule has 1 aromatic rings. The van der Waals surface area contributed by atoms with Gasteiger partial charge in [0.15, 0.2) is 0 Å². The number of hydrogen-bond acceptors (Lipinski definition) is 4. The first kappa shape index (κ1) is 25.6. The Kier molecular flexibility index (Phi) is 8.86. The molecule has 6 nitrogen and oxygen atoms in total. The fourth-order valence-corrected chi connectivity index (χ4v) is 4.39. The Labute approximate surface area is 186 Å². The number of nitrogens with one attached hydrogen (secondary N) is 1. The van der Waals surface area contributed by atoms with Crippen LogP contribution in [0.2, 0.25) is 0 Å². The van der Waals surface area contributed by atoms with E-state index in [0.717, 1.165) is 45.4 Å². The molecule has 3 rings (SSSR count). The first-order valence-corrected chi connectivity index (χ1v) is 11.3. The quantitative estimate of drug-likeness (QED) is 0.518. The molecule has 2 aliphatic heterocycles. The van der Waals surface area contributed by atoms with Gasteiger partial charge >= 0.3 is 6.03 Å². The number of benzene rings is 1. The van der Waals surface area contributed by atoms with E-state index in [9.17, 15) is 9.18 Å². The third-order valence-electron chi connectivity index (χ3n) is 6.39. The summed E-state index contributed by atoms with van der Waals surface area (Å²) in [4.78, 5) is 20.6. The maximum absolute atomic E-state index is 13.2. The molecule has 1 aromatic carbocycles. The summed E-state index contributed by atoms with van der Waals surface area (Å²) in [7, 11) is 2.13. The van der Waals surface area contributed by atoms with Crippen LogP contribution in [0.1, 0.15) is 65.5 Å². The Morgan fingerprint density at radius 1 is 1.29 bits per heavy atom. The van der Waals surface area contributed by atoms with E-state index in [-0.39, 0.29) is 17.3 Å². The molecule has 0 aromatic heterocycles. The highest BCUT2D eigenvalue weighted by molar-refractivity contribution is 5.74. The number of rotatable bonds is 4. The van der Waals surface area contributed by atoms with Gasteiger partial charge in [0.05, 0.1) is 5.60 Å². The first-order valence-electron chi connectivity index (χ1n) is 11.3. The van der Waals surface area contributed by atoms with Gasteiger partial charge in [-0.1, -0.05) is 32.4 Å². The predicted octanol–water partition coefficient (Wildman–Crippen LogP) is 4.92. The van der Waals surface area contributed by atoms with Crippen molar-refractivity contribution in [1.82, 2.24) is 15.1 Å². The summed E-state index contributed by atoms with van der Waals surface area (Å²) < 4.78 is 13.2. The number of hydrogen-bond donors (Lipinski definition) is 2. The summed E-state index contributed by atoms with van der Waals surface area (Å²) in [6.07, 6.45) is 3.10. The largest absolute Gasteiger partial charge is 0.338 e. The highest BCUT2D eigenvalue weighted by atomic mass is 19.1. The number of piperidine rings is 1. The molecule has 2 aliphatic rings. The van der Waals surface area contributed by atoms with Gasteiger partial charge in [-0.25, -0.2) is 14.1 Å². The van der Waals surface area contributed by atoms with Crippen molar-refractivity contribution >= 4 is 6.03 Å². The van der Waals surface area contributed by atoms with Gasteiger partial charge in [0.1, 0.15) is 5.82 Å². The number of likely N-dealkylation sites (tertiary alicyclic amines) is 2. The van der Waals surface area contributed by atoms with E-state index in [1.807, 2.05) is 17.0 Å². The van der Waals surface area contributed by atoms with E-state index >= 15 is 0 Å². The van der Waals surface area contributed by atoms with Crippen molar-refractivity contribution in [2.45, 2.75) is 65.5 Å². The van der Waals surface area contributed by atoms with Crippen molar-refractivity contribution in [3.05, 3.63) is 35.6 Å². The third-order valence-corrected chi connectivity index (χ3v) is 6.39. The van der Waals surface area contributed by atoms with Crippen molar-refractivity contribution in [2.24, 2.45) is 11.3 Å². The van der Waals surface area contributed by atoms with E-state index in [2.05, 4.69) is 36.0 Å². The summed E-state index contributed by atoms with van der Waals surface area (Å²) >= 11 is 0. The summed E-state index contributed by atoms with van der Waals surface area (Å²) in [5.74, 6) is 0.329. The SMILES string of the molecule is CC(C)(C)OO.CC[C@H](C)CNC(=O)N1CCC2(CC1)CN(C)C2c1ccc(F)cc1. The zero-order valence-corrected chi connectivity index (χ0v) is 19.9. The van der Waals surface area contributed by atoms with Crippen molar-refractivity contribution in [1.29, 1.82) is 0 Å². The second-order valence-corrected chi connectivity index (χ2v) is 10.1. The molecular weight excluding hydrogens is 397 g/mol. The second kappa shape index (κ2) is 10.7. The van der Waals surface area contributed by atoms with Crippen molar-refractivity contribution < 1.29 is 19.3 Å². The molecule has 2 amide bonds. The van der Waals surface area contributed by atoms with Gasteiger partial charge in [-0.05, 0) is 64.3 Å². The lowest BCUT2D eigenvalue weighted by Gasteiger charge is -2.59. The van der Waals surface area contributed by atoms with E-state index in [4.69, 9.17) is 5.26 Å². The lowest BCUT2D eigenvalue weighted by Crippen LogP contribution is -2.61. The molecule has 31 heavy (non-hydrogen) atoms. The molecule has 7 heteroatoms. The predicted molar refractivity (Wildman–Crippen MR) is 121 cm³/mol. The standard InChI is InChI=1S/C20H30FN3O.C4H10O2/c1-4-15(2)13-22-19(25)24-11-9-20(10-12-24)14-23(3)18(20)16-5-7-17(21)8-6-16;1-4(2,3)6-5/h5-8,15,18H,4,9-14H2,1-3H3,(H,22,25);5H,1-3H3/t15-,18?;/m0./s1. The Bertz CT molecular complexity index is 697. The maximum Gasteiger partial charge on any atom is 0.317 e. The van der Waals surface area contributed by atoms with Gasteiger partial charge in [0.25, 0.3) is 0 Å². The molecule has 0 saturated carbocycles. The van der Waals surface area contributed by atoms with E-state index < -0.39 is 5.60 Å². The summed E-state index contributed by atoms with van der Waals surface area (Å²) in [6, 6.07) is 7.31. The van der Waals surface area contributed by atoms with Crippen LogP contribution in [0.25, 0.3) is 0 Å². The van der Waals surface area contributed by atoms with Gasteiger partial charge in [-0.15, -0.1) is 0 Å². The summed E-state index contributed by atoms with van der Waals surface area (Å²) in [6.45, 7) is 13.0. The van der Waals surface area contributed by atoms with Crippen LogP contribution in [0, 0.1) is 17.2 Å². The molecule has 2 heterocycles. The van der Waals surface area contributed by atoms with Crippen LogP contribution < -0.4 is 5.32 Å². The van der Waals surface area contributed by atoms with Crippen LogP contribution in [0.15, 0.2) is 24.3 Å². The minimum atomic E-state index is -0.403. The lowest BCUT2D eigenvalue weighted by molar-refractivity contribution is -0.306. The van der Waals surface area contributed by atoms with Gasteiger partial charge in [-0.2, -0.15) is 0 Å². The fraction of sp³-hybridized carbons (Fsp3) is 0.708. The first-order chi connectivity index (χ1) is 14.5. The molecule has 0 bridgehead atoms. The molecular formula is C24H40FN3O3. The highest BCUT2D eigenvalue weighted by Gasteiger charge is 2.52. The molecule has 0 aliphatic carbocycles. The molecule has 1 unspecified atom stereocenters. The van der Waals surface area contributed by atoms with Gasteiger partial charge in [-0.3, -0.25) is 10.2 Å². The average Bonchev–Trinajstić information content (AvgIpc) is 2.73. The highest BCUT2D eigenvalue weighted by Crippen LogP contribution is 2.54. The van der Waals surface area contributed by atoms with Gasteiger partial charge in [0, 0.05) is 37.6 Å². The Hall–Kier alpha value is -1.70. The maximum atomic E-state index is 13.2. The van der Waals surface area contributed by atoms with Gasteiger partial charge < -0.3 is 10.2 Å². The molecule has 176 valence electrons. The number of carbonyl (C=O) groups is 1. The van der Waals surface area contributed by atoms with Crippen molar-refractivity contribution in [2.75, 3.05) is 33.2 Å². The van der Waals surface area contributed by atoms with Crippen LogP contribution in [0.4, 0.5) is 9.18 Å². The average molecular weight is 438 g/mol. The minimum Gasteiger partial charge on any atom is -0.338 e. The molecule has 2 N–H and O–H groups in total. The Balaban J connectivity index is 0.000000501. The topological polar surface area (TPSA) is 65.0 Å². The van der Waals surface area contributed by atoms with Crippen LogP contribution in [-0.4, -0.2) is 59.9 Å². The van der Waals surface area contributed by atoms with E-state index in [0.29, 0.717) is 12.0 Å². The number of halogens is 1. The third kappa shape index (κ3) is 6.89. The van der Waals surface area contributed by atoms with Crippen LogP contribution in [0.5, 0.6) is 0 Å². The molecule has 2 fully saturated rings. The molecule has 2 atom stereocenters. The summed E-state index contributed by atoms with van der Waals surface area (Å²) in [5, 5.41) is 11.0. The van der Waals surface area contributed by atoms with Crippen LogP contribution in [-0.2, 0) is 4.89 Å². The fourth-order valence-electron chi connectivity index (χ4n) is 4.39. The molecule has 2 saturated heterocycles. The smallest absolute Gasteiger partial charge is 0.317 e. The van der Waals surface area contributed by atoms with Crippen LogP contribution >= 0.6 is 0 Å². The van der Waals surface area contributed by atoms with E-state index in [1.54, 1.807) is 32.9 Å². The van der Waals surface area contributed by atoms with E-state index in [1.165, 1.54) is 5.56 Å². The zero-order valence-electron chi connectivity index (χ0n) is 19.9. The number of nitrogens with zero attached hydrogens (tertiary/aromatic N) is 2. The molecule has 0 radical (unpaired) electrons. The van der Waals surface area contributed by atoms with Crippen molar-refractivity contribution in [3.63, 3.8) is 0 Å². The van der Waals surface area contributed by atoms with Gasteiger partial charge in [0.2, 0.25) is 0 Å². The normalized spacial score (nSPS) is 21.7. The Morgan fingerprint density at radius 3 is 2.29 bits per heavy atom. The minimum absolute atomic E-state index is 0.0705. The zero-order chi connectivity index (χ0) is 23.2. The Morgan fingerprint density at radius 2 is 1.84 bits per heavy atom.